The molecule has 1 N–H and O–H groups in total. The van der Waals surface area contributed by atoms with E-state index in [1.165, 1.54) is 9.88 Å². The highest BCUT2D eigenvalue weighted by atomic mass is 127. The van der Waals surface area contributed by atoms with Crippen LogP contribution in [0.4, 0.5) is 5.69 Å². The molecule has 2 aromatic rings. The van der Waals surface area contributed by atoms with E-state index in [1.54, 1.807) is 11.3 Å². The monoisotopic (exact) mass is 406 g/mol. The highest BCUT2D eigenvalue weighted by molar-refractivity contribution is 14.1. The van der Waals surface area contributed by atoms with E-state index >= 15 is 0 Å². The molecule has 0 radical (unpaired) electrons. The Morgan fingerprint density at radius 3 is 2.68 bits per heavy atom. The summed E-state index contributed by atoms with van der Waals surface area (Å²) in [4.78, 5) is 5.74. The molecule has 0 unspecified atom stereocenters. The Morgan fingerprint density at radius 1 is 1.37 bits per heavy atom. The van der Waals surface area contributed by atoms with Crippen LogP contribution in [0.25, 0.3) is 0 Å². The molecule has 0 saturated carbocycles. The third-order valence-corrected chi connectivity index (χ3v) is 5.13. The zero-order valence-electron chi connectivity index (χ0n) is 11.1. The van der Waals surface area contributed by atoms with Gasteiger partial charge < -0.3 is 5.32 Å². The van der Waals surface area contributed by atoms with Crippen LogP contribution < -0.4 is 5.32 Å². The van der Waals surface area contributed by atoms with Crippen LogP contribution in [0, 0.1) is 3.57 Å². The van der Waals surface area contributed by atoms with E-state index in [2.05, 4.69) is 53.7 Å². The smallest absolute Gasteiger partial charge is 0.0981 e. The summed E-state index contributed by atoms with van der Waals surface area (Å²) in [5.74, 6) is 0. The van der Waals surface area contributed by atoms with Crippen molar-refractivity contribution in [3.8, 4) is 0 Å². The van der Waals surface area contributed by atoms with Gasteiger partial charge in [0.15, 0.2) is 0 Å². The minimum absolute atomic E-state index is 0.123. The molecule has 19 heavy (non-hydrogen) atoms. The molecule has 0 fully saturated rings. The average molecular weight is 407 g/mol. The van der Waals surface area contributed by atoms with Gasteiger partial charge in [-0.05, 0) is 40.8 Å². The third kappa shape index (κ3) is 4.07. The van der Waals surface area contributed by atoms with Crippen molar-refractivity contribution in [2.24, 2.45) is 0 Å². The Morgan fingerprint density at radius 2 is 2.11 bits per heavy atom. The normalized spacial score (nSPS) is 11.6. The zero-order valence-corrected chi connectivity index (χ0v) is 14.9. The Hall–Kier alpha value is -0.330. The largest absolute Gasteiger partial charge is 0.379 e. The van der Waals surface area contributed by atoms with Crippen LogP contribution in [0.1, 0.15) is 30.7 Å². The lowest BCUT2D eigenvalue weighted by Crippen LogP contribution is -2.09. The summed E-state index contributed by atoms with van der Waals surface area (Å²) in [6, 6.07) is 5.87. The van der Waals surface area contributed by atoms with E-state index in [4.69, 9.17) is 11.6 Å². The van der Waals surface area contributed by atoms with Crippen LogP contribution in [-0.2, 0) is 12.0 Å². The molecule has 0 aliphatic carbocycles. The molecule has 1 heterocycles. The van der Waals surface area contributed by atoms with Gasteiger partial charge in [0.05, 0.1) is 11.6 Å². The van der Waals surface area contributed by atoms with Gasteiger partial charge in [0.2, 0.25) is 0 Å². The molecule has 5 heteroatoms. The maximum atomic E-state index is 5.95. The van der Waals surface area contributed by atoms with Gasteiger partial charge in [0.25, 0.3) is 0 Å². The second-order valence-electron chi connectivity index (χ2n) is 5.36. The molecule has 2 nitrogen and oxygen atoms in total. The fourth-order valence-electron chi connectivity index (χ4n) is 1.55. The Labute approximate surface area is 136 Å². The molecule has 0 aliphatic heterocycles. The summed E-state index contributed by atoms with van der Waals surface area (Å²) in [7, 11) is 0. The van der Waals surface area contributed by atoms with Gasteiger partial charge in [0.1, 0.15) is 0 Å². The van der Waals surface area contributed by atoms with Gasteiger partial charge in [-0.3, -0.25) is 0 Å². The van der Waals surface area contributed by atoms with Gasteiger partial charge in [-0.2, -0.15) is 0 Å². The minimum atomic E-state index is 0.123. The fourth-order valence-corrected chi connectivity index (χ4v) is 3.52. The summed E-state index contributed by atoms with van der Waals surface area (Å²) in [5, 5.41) is 5.37. The first-order chi connectivity index (χ1) is 8.86. The summed E-state index contributed by atoms with van der Waals surface area (Å²) >= 11 is 10.0. The Kier molecular flexibility index (Phi) is 4.74. The highest BCUT2D eigenvalue weighted by Gasteiger charge is 2.17. The van der Waals surface area contributed by atoms with E-state index in [9.17, 15) is 0 Å². The van der Waals surface area contributed by atoms with Crippen molar-refractivity contribution in [2.45, 2.75) is 32.7 Å². The molecule has 0 aliphatic rings. The first-order valence-corrected chi connectivity index (χ1v) is 8.28. The molecule has 102 valence electrons. The third-order valence-electron chi connectivity index (χ3n) is 2.58. The number of nitrogens with one attached hydrogen (secondary N) is 1. The highest BCUT2D eigenvalue weighted by Crippen LogP contribution is 2.28. The summed E-state index contributed by atoms with van der Waals surface area (Å²) in [6.07, 6.45) is 1.96. The SMILES string of the molecule is CC(C)(C)c1ncc(CNc2ccc(Cl)cc2I)s1. The van der Waals surface area contributed by atoms with Crippen molar-refractivity contribution in [3.63, 3.8) is 0 Å². The van der Waals surface area contributed by atoms with Gasteiger partial charge in [-0.15, -0.1) is 11.3 Å². The van der Waals surface area contributed by atoms with Crippen molar-refractivity contribution >= 4 is 51.2 Å². The van der Waals surface area contributed by atoms with Gasteiger partial charge in [-0.25, -0.2) is 4.98 Å². The lowest BCUT2D eigenvalue weighted by molar-refractivity contribution is 0.585. The van der Waals surface area contributed by atoms with Crippen LogP contribution in [0.5, 0.6) is 0 Å². The number of hydrogen-bond acceptors (Lipinski definition) is 3. The van der Waals surface area contributed by atoms with Gasteiger partial charge in [-0.1, -0.05) is 32.4 Å². The topological polar surface area (TPSA) is 24.9 Å². The average Bonchev–Trinajstić information content (AvgIpc) is 2.76. The summed E-state index contributed by atoms with van der Waals surface area (Å²) in [5.41, 5.74) is 1.23. The maximum Gasteiger partial charge on any atom is 0.0981 e. The van der Waals surface area contributed by atoms with Crippen molar-refractivity contribution in [3.05, 3.63) is 42.9 Å². The van der Waals surface area contributed by atoms with Gasteiger partial charge >= 0.3 is 0 Å². The minimum Gasteiger partial charge on any atom is -0.379 e. The van der Waals surface area contributed by atoms with Crippen LogP contribution in [-0.4, -0.2) is 4.98 Å². The van der Waals surface area contributed by atoms with Crippen molar-refractivity contribution < 1.29 is 0 Å². The van der Waals surface area contributed by atoms with Crippen molar-refractivity contribution in [1.82, 2.24) is 4.98 Å². The molecule has 0 bridgehead atoms. The molecular formula is C14H16ClIN2S. The maximum absolute atomic E-state index is 5.95. The number of rotatable bonds is 3. The lowest BCUT2D eigenvalue weighted by Gasteiger charge is -2.13. The number of benzene rings is 1. The van der Waals surface area contributed by atoms with Crippen LogP contribution >= 0.6 is 45.5 Å². The molecule has 2 rings (SSSR count). The van der Waals surface area contributed by atoms with E-state index in [0.717, 1.165) is 20.8 Å². The molecule has 0 amide bonds. The predicted molar refractivity (Wildman–Crippen MR) is 92.3 cm³/mol. The predicted octanol–water partition coefficient (Wildman–Crippen LogP) is 5.31. The Bertz CT molecular complexity index is 575. The molecule has 1 aromatic carbocycles. The fraction of sp³-hybridized carbons (Fsp3) is 0.357. The van der Waals surface area contributed by atoms with Gasteiger partial charge in [0, 0.05) is 30.8 Å². The van der Waals surface area contributed by atoms with Crippen molar-refractivity contribution in [2.75, 3.05) is 5.32 Å². The molecule has 0 spiro atoms. The van der Waals surface area contributed by atoms with E-state index < -0.39 is 0 Å². The van der Waals surface area contributed by atoms with Crippen LogP contribution in [0.3, 0.4) is 0 Å². The second-order valence-corrected chi connectivity index (χ2v) is 8.07. The van der Waals surface area contributed by atoms with E-state index in [0.29, 0.717) is 0 Å². The Balaban J connectivity index is 2.04. The lowest BCUT2D eigenvalue weighted by atomic mass is 9.98. The summed E-state index contributed by atoms with van der Waals surface area (Å²) in [6.45, 7) is 7.35. The molecule has 0 saturated heterocycles. The number of hydrogen-bond donors (Lipinski definition) is 1. The second kappa shape index (κ2) is 5.97. The number of thiazole rings is 1. The zero-order chi connectivity index (χ0) is 14.0. The molecule has 0 atom stereocenters. The number of nitrogens with zero attached hydrogens (tertiary/aromatic N) is 1. The standard InChI is InChI=1S/C14H16ClIN2S/c1-14(2,3)13-18-8-10(19-13)7-17-12-5-4-9(15)6-11(12)16/h4-6,8,17H,7H2,1-3H3. The van der Waals surface area contributed by atoms with Crippen LogP contribution in [0.15, 0.2) is 24.4 Å². The first-order valence-electron chi connectivity index (χ1n) is 6.00. The molecule has 1 aromatic heterocycles. The number of aromatic nitrogens is 1. The quantitative estimate of drug-likeness (QED) is 0.699. The number of halogens is 2. The number of anilines is 1. The summed E-state index contributed by atoms with van der Waals surface area (Å²) < 4.78 is 1.13. The van der Waals surface area contributed by atoms with E-state index in [1.807, 2.05) is 24.4 Å². The molecular weight excluding hydrogens is 391 g/mol. The van der Waals surface area contributed by atoms with Crippen molar-refractivity contribution in [1.29, 1.82) is 0 Å². The first kappa shape index (κ1) is 15.1. The van der Waals surface area contributed by atoms with E-state index in [-0.39, 0.29) is 5.41 Å². The van der Waals surface area contributed by atoms with Crippen LogP contribution in [0.2, 0.25) is 5.02 Å².